The SMILES string of the molecule is COC(=O)C1=C(C(=O)OC)SC2(S1)C(C(=O)OC)=C(C(=O)OC)SC1=C2c2ccc(C)cc2N(C(=O)/C=C/c2ccc([N+](=O)[O-])cc2)C1(C)C. The summed E-state index contributed by atoms with van der Waals surface area (Å²) in [6.07, 6.45) is 2.87. The molecule has 5 rings (SSSR count). The fourth-order valence-corrected chi connectivity index (χ4v) is 10.8. The van der Waals surface area contributed by atoms with Crippen LogP contribution in [0.25, 0.3) is 11.6 Å². The van der Waals surface area contributed by atoms with Gasteiger partial charge in [0.05, 0.1) is 50.2 Å². The van der Waals surface area contributed by atoms with Crippen LogP contribution in [-0.2, 0) is 42.9 Å². The van der Waals surface area contributed by atoms with E-state index in [4.69, 9.17) is 18.9 Å². The van der Waals surface area contributed by atoms with Crippen molar-refractivity contribution in [3.63, 3.8) is 0 Å². The van der Waals surface area contributed by atoms with Crippen LogP contribution in [0.5, 0.6) is 0 Å². The van der Waals surface area contributed by atoms with E-state index in [0.29, 0.717) is 27.3 Å². The number of amides is 1. The molecule has 2 aromatic rings. The second kappa shape index (κ2) is 13.8. The Morgan fingerprint density at radius 1 is 0.800 bits per heavy atom. The van der Waals surface area contributed by atoms with Crippen molar-refractivity contribution in [1.82, 2.24) is 0 Å². The van der Waals surface area contributed by atoms with Crippen molar-refractivity contribution in [2.45, 2.75) is 30.4 Å². The van der Waals surface area contributed by atoms with Crippen LogP contribution in [-0.4, -0.2) is 72.8 Å². The van der Waals surface area contributed by atoms with Crippen molar-refractivity contribution in [1.29, 1.82) is 0 Å². The summed E-state index contributed by atoms with van der Waals surface area (Å²) >= 11 is 2.61. The zero-order valence-corrected chi connectivity index (χ0v) is 30.3. The van der Waals surface area contributed by atoms with E-state index in [-0.39, 0.29) is 26.0 Å². The topological polar surface area (TPSA) is 169 Å². The van der Waals surface area contributed by atoms with Crippen molar-refractivity contribution in [3.05, 3.63) is 101 Å². The van der Waals surface area contributed by atoms with Gasteiger partial charge in [-0.05, 0) is 56.2 Å². The number of anilines is 1. The lowest BCUT2D eigenvalue weighted by Crippen LogP contribution is -2.53. The van der Waals surface area contributed by atoms with E-state index in [1.165, 1.54) is 36.4 Å². The zero-order valence-electron chi connectivity index (χ0n) is 27.8. The Kier molecular flexibility index (Phi) is 10.1. The van der Waals surface area contributed by atoms with Gasteiger partial charge in [0, 0.05) is 34.3 Å². The molecule has 0 N–H and O–H groups in total. The van der Waals surface area contributed by atoms with Gasteiger partial charge < -0.3 is 18.9 Å². The summed E-state index contributed by atoms with van der Waals surface area (Å²) in [5.74, 6) is -3.97. The number of nitro benzene ring substituents is 1. The number of nitro groups is 1. The average Bonchev–Trinajstić information content (AvgIpc) is 3.49. The second-order valence-electron chi connectivity index (χ2n) is 11.4. The van der Waals surface area contributed by atoms with Gasteiger partial charge in [0.1, 0.15) is 18.8 Å². The van der Waals surface area contributed by atoms with E-state index in [2.05, 4.69) is 0 Å². The van der Waals surface area contributed by atoms with Gasteiger partial charge in [-0.25, -0.2) is 19.2 Å². The Morgan fingerprint density at radius 2 is 1.34 bits per heavy atom. The summed E-state index contributed by atoms with van der Waals surface area (Å²) in [6, 6.07) is 11.1. The molecule has 260 valence electrons. The largest absolute Gasteiger partial charge is 0.466 e. The molecular formula is C34H30N2O11S3. The maximum atomic E-state index is 14.3. The van der Waals surface area contributed by atoms with Crippen molar-refractivity contribution < 1.29 is 47.8 Å². The number of aryl methyl sites for hydroxylation is 1. The molecule has 50 heavy (non-hydrogen) atoms. The minimum absolute atomic E-state index is 0.0959. The maximum Gasteiger partial charge on any atom is 0.345 e. The van der Waals surface area contributed by atoms with Gasteiger partial charge >= 0.3 is 23.9 Å². The third-order valence-electron chi connectivity index (χ3n) is 8.04. The van der Waals surface area contributed by atoms with E-state index in [1.807, 2.05) is 13.0 Å². The van der Waals surface area contributed by atoms with Crippen LogP contribution in [0.1, 0.15) is 30.5 Å². The fraction of sp³-hybridized carbons (Fsp3) is 0.265. The molecular weight excluding hydrogens is 709 g/mol. The molecule has 0 fully saturated rings. The van der Waals surface area contributed by atoms with Crippen LogP contribution in [0.15, 0.2) is 73.7 Å². The van der Waals surface area contributed by atoms with Gasteiger partial charge in [0.15, 0.2) is 0 Å². The van der Waals surface area contributed by atoms with Crippen LogP contribution in [0.3, 0.4) is 0 Å². The number of esters is 4. The monoisotopic (exact) mass is 738 g/mol. The Hall–Kier alpha value is -4.80. The van der Waals surface area contributed by atoms with Crippen LogP contribution in [0.2, 0.25) is 0 Å². The summed E-state index contributed by atoms with van der Waals surface area (Å²) < 4.78 is 18.7. The molecule has 13 nitrogen and oxygen atoms in total. The number of nitrogens with zero attached hydrogens (tertiary/aromatic N) is 2. The van der Waals surface area contributed by atoms with E-state index in [9.17, 15) is 34.1 Å². The molecule has 0 unspecified atom stereocenters. The molecule has 1 amide bonds. The highest BCUT2D eigenvalue weighted by atomic mass is 32.2. The molecule has 3 aliphatic rings. The molecule has 16 heteroatoms. The number of hydrogen-bond donors (Lipinski definition) is 0. The summed E-state index contributed by atoms with van der Waals surface area (Å²) in [6.45, 7) is 5.38. The lowest BCUT2D eigenvalue weighted by molar-refractivity contribution is -0.384. The third kappa shape index (κ3) is 6.00. The molecule has 0 saturated heterocycles. The van der Waals surface area contributed by atoms with Gasteiger partial charge in [-0.2, -0.15) is 0 Å². The second-order valence-corrected chi connectivity index (χ2v) is 15.1. The lowest BCUT2D eigenvalue weighted by Gasteiger charge is -2.50. The van der Waals surface area contributed by atoms with Crippen molar-refractivity contribution in [2.24, 2.45) is 0 Å². The molecule has 0 aromatic heterocycles. The van der Waals surface area contributed by atoms with E-state index in [0.717, 1.165) is 69.3 Å². The zero-order chi connectivity index (χ0) is 36.7. The van der Waals surface area contributed by atoms with E-state index >= 15 is 0 Å². The number of benzene rings is 2. The number of thioether (sulfide) groups is 3. The van der Waals surface area contributed by atoms with Crippen LogP contribution in [0, 0.1) is 17.0 Å². The predicted octanol–water partition coefficient (Wildman–Crippen LogP) is 5.53. The predicted molar refractivity (Wildman–Crippen MR) is 189 cm³/mol. The first-order valence-corrected chi connectivity index (χ1v) is 17.1. The molecule has 3 heterocycles. The number of hydrogen-bond acceptors (Lipinski definition) is 14. The Morgan fingerprint density at radius 3 is 1.86 bits per heavy atom. The number of carbonyl (C=O) groups is 5. The van der Waals surface area contributed by atoms with Crippen molar-refractivity contribution in [2.75, 3.05) is 33.3 Å². The van der Waals surface area contributed by atoms with Gasteiger partial charge in [-0.3, -0.25) is 19.8 Å². The molecule has 0 atom stereocenters. The molecule has 0 bridgehead atoms. The minimum Gasteiger partial charge on any atom is -0.466 e. The van der Waals surface area contributed by atoms with Crippen LogP contribution >= 0.6 is 35.3 Å². The summed E-state index contributed by atoms with van der Waals surface area (Å²) in [5.41, 5.74) is 1.23. The minimum atomic E-state index is -1.70. The van der Waals surface area contributed by atoms with Crippen molar-refractivity contribution >= 4 is 88.1 Å². The molecule has 2 aromatic carbocycles. The fourth-order valence-electron chi connectivity index (χ4n) is 5.77. The highest BCUT2D eigenvalue weighted by Gasteiger charge is 2.61. The molecule has 3 aliphatic heterocycles. The lowest BCUT2D eigenvalue weighted by atomic mass is 9.83. The molecule has 1 spiro atoms. The molecule has 0 saturated carbocycles. The number of methoxy groups -OCH3 is 4. The summed E-state index contributed by atoms with van der Waals surface area (Å²) in [7, 11) is 4.59. The first-order chi connectivity index (χ1) is 23.7. The Labute approximate surface area is 299 Å². The number of non-ortho nitro benzene ring substituents is 1. The maximum absolute atomic E-state index is 14.3. The number of ether oxygens (including phenoxy) is 4. The Bertz CT molecular complexity index is 1970. The highest BCUT2D eigenvalue weighted by molar-refractivity contribution is 8.26. The first kappa shape index (κ1) is 36.5. The third-order valence-corrected chi connectivity index (χ3v) is 12.7. The standard InChI is InChI=1S/C34H30N2O11S3/c1-17-8-14-20-21(16-17)35(22(37)15-11-18-9-12-19(13-10-18)36(42)43)33(2,3)28-23(20)34(24(29(38)44-4)25(48-28)30(39)45-5)49-26(31(40)46-6)27(50-34)32(41)47-7/h8-16H,1-7H3/b15-11+. The summed E-state index contributed by atoms with van der Waals surface area (Å²) in [5, 5.41) is 11.1. The smallest absolute Gasteiger partial charge is 0.345 e. The van der Waals surface area contributed by atoms with Gasteiger partial charge in [-0.1, -0.05) is 47.4 Å². The number of rotatable bonds is 7. The molecule has 0 radical (unpaired) electrons. The van der Waals surface area contributed by atoms with Gasteiger partial charge in [0.25, 0.3) is 11.6 Å². The van der Waals surface area contributed by atoms with Gasteiger partial charge in [-0.15, -0.1) is 0 Å². The molecule has 0 aliphatic carbocycles. The Balaban J connectivity index is 1.78. The van der Waals surface area contributed by atoms with Crippen LogP contribution < -0.4 is 4.90 Å². The van der Waals surface area contributed by atoms with Crippen molar-refractivity contribution in [3.8, 4) is 0 Å². The average molecular weight is 739 g/mol. The van der Waals surface area contributed by atoms with Crippen LogP contribution in [0.4, 0.5) is 11.4 Å². The van der Waals surface area contributed by atoms with E-state index in [1.54, 1.807) is 30.9 Å². The number of fused-ring (bicyclic) bond motifs is 3. The normalized spacial score (nSPS) is 17.4. The van der Waals surface area contributed by atoms with Gasteiger partial charge in [0.2, 0.25) is 0 Å². The highest BCUT2D eigenvalue weighted by Crippen LogP contribution is 2.71. The quantitative estimate of drug-likeness (QED) is 0.114. The summed E-state index contributed by atoms with van der Waals surface area (Å²) in [4.78, 5) is 80.1. The number of carbonyl (C=O) groups excluding carboxylic acids is 5. The first-order valence-electron chi connectivity index (χ1n) is 14.7. The van der Waals surface area contributed by atoms with E-state index < -0.39 is 44.3 Å².